The number of fused-ring (bicyclic) bond motifs is 4. The average Bonchev–Trinajstić information content (AvgIpc) is 3.19. The van der Waals surface area contributed by atoms with Crippen LogP contribution in [0.15, 0.2) is 47.3 Å². The first-order valence-corrected chi connectivity index (χ1v) is 11.5. The lowest BCUT2D eigenvalue weighted by Crippen LogP contribution is -2.33. The van der Waals surface area contributed by atoms with Gasteiger partial charge in [-0.3, -0.25) is 9.59 Å². The number of aromatic nitrogens is 3. The van der Waals surface area contributed by atoms with Crippen molar-refractivity contribution in [3.8, 4) is 0 Å². The molecule has 6 heteroatoms. The molecule has 0 radical (unpaired) electrons. The van der Waals surface area contributed by atoms with E-state index in [0.717, 1.165) is 31.2 Å². The Hall–Kier alpha value is -3.41. The molecular formula is C26H28N4O2. The maximum Gasteiger partial charge on any atom is 0.258 e. The molecule has 1 aliphatic carbocycles. The smallest absolute Gasteiger partial charge is 0.258 e. The minimum absolute atomic E-state index is 0.0260. The van der Waals surface area contributed by atoms with Crippen LogP contribution in [0, 0.1) is 0 Å². The standard InChI is InChI=1S/C26H28N4O2/c1-2-3-14-30(16-24-28-22-11-7-5-9-19(22)25(31)29-24)26(32)17-12-13-23-20(15-17)18-8-4-6-10-21(18)27-23/h5,7,9,11-13,15,27H,2-4,6,8,10,14,16H2,1H3,(H,28,29,31). The Morgan fingerprint density at radius 2 is 1.91 bits per heavy atom. The molecule has 0 saturated heterocycles. The molecule has 0 aliphatic heterocycles. The first-order chi connectivity index (χ1) is 15.6. The Labute approximate surface area is 186 Å². The van der Waals surface area contributed by atoms with Gasteiger partial charge in [0.15, 0.2) is 0 Å². The van der Waals surface area contributed by atoms with Crippen LogP contribution < -0.4 is 5.56 Å². The van der Waals surface area contributed by atoms with Crippen LogP contribution in [0.1, 0.15) is 60.0 Å². The minimum atomic E-state index is -0.172. The molecule has 6 nitrogen and oxygen atoms in total. The number of carbonyl (C=O) groups excluding carboxylic acids is 1. The highest BCUT2D eigenvalue weighted by molar-refractivity contribution is 5.99. The fourth-order valence-electron chi connectivity index (χ4n) is 4.71. The second-order valence-corrected chi connectivity index (χ2v) is 8.66. The van der Waals surface area contributed by atoms with E-state index in [2.05, 4.69) is 21.9 Å². The van der Waals surface area contributed by atoms with Crippen LogP contribution >= 0.6 is 0 Å². The van der Waals surface area contributed by atoms with Gasteiger partial charge in [-0.2, -0.15) is 0 Å². The van der Waals surface area contributed by atoms with Gasteiger partial charge in [0.05, 0.1) is 17.4 Å². The van der Waals surface area contributed by atoms with E-state index in [1.165, 1.54) is 29.5 Å². The van der Waals surface area contributed by atoms with Crippen LogP contribution in [-0.2, 0) is 19.4 Å². The van der Waals surface area contributed by atoms with E-state index in [0.29, 0.717) is 28.8 Å². The lowest BCUT2D eigenvalue weighted by Gasteiger charge is -2.22. The van der Waals surface area contributed by atoms with Crippen molar-refractivity contribution in [2.45, 2.75) is 52.0 Å². The summed E-state index contributed by atoms with van der Waals surface area (Å²) in [5.74, 6) is 0.486. The number of H-pyrrole nitrogens is 2. The third-order valence-electron chi connectivity index (χ3n) is 6.42. The van der Waals surface area contributed by atoms with E-state index in [1.54, 1.807) is 11.0 Å². The Morgan fingerprint density at radius 3 is 2.78 bits per heavy atom. The Bertz CT molecular complexity index is 1350. The van der Waals surface area contributed by atoms with Gasteiger partial charge in [-0.1, -0.05) is 25.5 Å². The van der Waals surface area contributed by atoms with Gasteiger partial charge in [0.1, 0.15) is 5.82 Å². The number of nitrogens with one attached hydrogen (secondary N) is 2. The summed E-state index contributed by atoms with van der Waals surface area (Å²) in [6, 6.07) is 13.2. The first kappa shape index (κ1) is 20.5. The summed E-state index contributed by atoms with van der Waals surface area (Å²) in [5, 5.41) is 1.73. The molecular weight excluding hydrogens is 400 g/mol. The number of hydrogen-bond acceptors (Lipinski definition) is 3. The summed E-state index contributed by atoms with van der Waals surface area (Å²) in [6.07, 6.45) is 6.43. The number of unbranched alkanes of at least 4 members (excludes halogenated alkanes) is 1. The Kier molecular flexibility index (Phi) is 5.52. The molecule has 0 spiro atoms. The Morgan fingerprint density at radius 1 is 1.06 bits per heavy atom. The maximum atomic E-state index is 13.5. The van der Waals surface area contributed by atoms with Gasteiger partial charge in [-0.15, -0.1) is 0 Å². The zero-order valence-corrected chi connectivity index (χ0v) is 18.4. The zero-order valence-electron chi connectivity index (χ0n) is 18.4. The van der Waals surface area contributed by atoms with E-state index in [9.17, 15) is 9.59 Å². The molecule has 2 heterocycles. The molecule has 1 amide bonds. The van der Waals surface area contributed by atoms with Crippen molar-refractivity contribution in [2.24, 2.45) is 0 Å². The van der Waals surface area contributed by atoms with Gasteiger partial charge < -0.3 is 14.9 Å². The van der Waals surface area contributed by atoms with Gasteiger partial charge in [0.25, 0.3) is 11.5 Å². The molecule has 32 heavy (non-hydrogen) atoms. The molecule has 1 aliphatic rings. The fourth-order valence-corrected chi connectivity index (χ4v) is 4.71. The molecule has 0 bridgehead atoms. The molecule has 2 N–H and O–H groups in total. The van der Waals surface area contributed by atoms with Crippen LogP contribution in [0.2, 0.25) is 0 Å². The van der Waals surface area contributed by atoms with Gasteiger partial charge in [-0.05, 0) is 68.0 Å². The summed E-state index contributed by atoms with van der Waals surface area (Å²) in [5.41, 5.74) is 4.94. The molecule has 0 fully saturated rings. The highest BCUT2D eigenvalue weighted by Crippen LogP contribution is 2.30. The third-order valence-corrected chi connectivity index (χ3v) is 6.42. The number of amides is 1. The van der Waals surface area contributed by atoms with Crippen LogP contribution in [0.4, 0.5) is 0 Å². The molecule has 5 rings (SSSR count). The zero-order chi connectivity index (χ0) is 22.1. The number of nitrogens with zero attached hydrogens (tertiary/aromatic N) is 2. The summed E-state index contributed by atoms with van der Waals surface area (Å²) >= 11 is 0. The van der Waals surface area contributed by atoms with Crippen LogP contribution in [-0.4, -0.2) is 32.3 Å². The minimum Gasteiger partial charge on any atom is -0.358 e. The molecule has 164 valence electrons. The second kappa shape index (κ2) is 8.61. The predicted octanol–water partition coefficient (Wildman–Crippen LogP) is 4.73. The SMILES string of the molecule is CCCCN(Cc1nc2ccccc2c(=O)[nH]1)C(=O)c1ccc2[nH]c3c(c2c1)CCCC3. The highest BCUT2D eigenvalue weighted by atomic mass is 16.2. The molecule has 2 aromatic heterocycles. The van der Waals surface area contributed by atoms with Gasteiger partial charge in [-0.25, -0.2) is 4.98 Å². The van der Waals surface area contributed by atoms with Crippen LogP contribution in [0.25, 0.3) is 21.8 Å². The van der Waals surface area contributed by atoms with E-state index >= 15 is 0 Å². The molecule has 4 aromatic rings. The number of aromatic amines is 2. The quantitative estimate of drug-likeness (QED) is 0.466. The van der Waals surface area contributed by atoms with Gasteiger partial charge in [0.2, 0.25) is 0 Å². The highest BCUT2D eigenvalue weighted by Gasteiger charge is 2.20. The summed E-state index contributed by atoms with van der Waals surface area (Å²) in [6.45, 7) is 3.01. The van der Waals surface area contributed by atoms with Crippen molar-refractivity contribution in [2.75, 3.05) is 6.54 Å². The predicted molar refractivity (Wildman–Crippen MR) is 127 cm³/mol. The number of hydrogen-bond donors (Lipinski definition) is 2. The fraction of sp³-hybridized carbons (Fsp3) is 0.346. The van der Waals surface area contributed by atoms with E-state index in [1.807, 2.05) is 36.4 Å². The molecule has 0 unspecified atom stereocenters. The Balaban J connectivity index is 1.47. The molecule has 0 atom stereocenters. The van der Waals surface area contributed by atoms with Crippen molar-refractivity contribution in [3.05, 3.63) is 75.5 Å². The van der Waals surface area contributed by atoms with Gasteiger partial charge >= 0.3 is 0 Å². The number of benzene rings is 2. The normalized spacial score (nSPS) is 13.4. The third kappa shape index (κ3) is 3.81. The topological polar surface area (TPSA) is 81.8 Å². The number of rotatable bonds is 6. The number of aryl methyl sites for hydroxylation is 2. The average molecular weight is 429 g/mol. The van der Waals surface area contributed by atoms with Crippen molar-refractivity contribution in [1.29, 1.82) is 0 Å². The van der Waals surface area contributed by atoms with Crippen LogP contribution in [0.3, 0.4) is 0 Å². The monoisotopic (exact) mass is 428 g/mol. The van der Waals surface area contributed by atoms with Crippen LogP contribution in [0.5, 0.6) is 0 Å². The molecule has 2 aromatic carbocycles. The molecule has 0 saturated carbocycles. The number of carbonyl (C=O) groups is 1. The number of para-hydroxylation sites is 1. The lowest BCUT2D eigenvalue weighted by molar-refractivity contribution is 0.0736. The first-order valence-electron chi connectivity index (χ1n) is 11.5. The largest absolute Gasteiger partial charge is 0.358 e. The summed E-state index contributed by atoms with van der Waals surface area (Å²) in [7, 11) is 0. The summed E-state index contributed by atoms with van der Waals surface area (Å²) in [4.78, 5) is 38.8. The lowest BCUT2D eigenvalue weighted by atomic mass is 9.95. The maximum absolute atomic E-state index is 13.5. The van der Waals surface area contributed by atoms with Crippen molar-refractivity contribution in [1.82, 2.24) is 19.9 Å². The van der Waals surface area contributed by atoms with E-state index in [-0.39, 0.29) is 18.0 Å². The second-order valence-electron chi connectivity index (χ2n) is 8.66. The van der Waals surface area contributed by atoms with E-state index in [4.69, 9.17) is 0 Å². The van der Waals surface area contributed by atoms with Crippen molar-refractivity contribution < 1.29 is 4.79 Å². The van der Waals surface area contributed by atoms with Gasteiger partial charge in [0, 0.05) is 28.7 Å². The summed E-state index contributed by atoms with van der Waals surface area (Å²) < 4.78 is 0. The van der Waals surface area contributed by atoms with Crippen molar-refractivity contribution in [3.63, 3.8) is 0 Å². The van der Waals surface area contributed by atoms with E-state index < -0.39 is 0 Å². The van der Waals surface area contributed by atoms with Crippen molar-refractivity contribution >= 4 is 27.7 Å².